The van der Waals surface area contributed by atoms with E-state index in [9.17, 15) is 0 Å². The molecule has 0 spiro atoms. The average molecular weight is 306 g/mol. The van der Waals surface area contributed by atoms with Crippen molar-refractivity contribution in [2.75, 3.05) is 31.1 Å². The predicted molar refractivity (Wildman–Crippen MR) is 94.6 cm³/mol. The first-order valence-corrected chi connectivity index (χ1v) is 8.24. The molecule has 4 heteroatoms. The van der Waals surface area contributed by atoms with Crippen molar-refractivity contribution in [3.8, 4) is 0 Å². The van der Waals surface area contributed by atoms with Crippen LogP contribution in [-0.4, -0.2) is 40.6 Å². The second-order valence-corrected chi connectivity index (χ2v) is 6.17. The van der Waals surface area contributed by atoms with Gasteiger partial charge in [0.15, 0.2) is 0 Å². The lowest BCUT2D eigenvalue weighted by Crippen LogP contribution is -2.46. The van der Waals surface area contributed by atoms with Crippen LogP contribution in [0.5, 0.6) is 0 Å². The minimum absolute atomic E-state index is 0.924. The summed E-state index contributed by atoms with van der Waals surface area (Å²) in [7, 11) is 2.12. The molecule has 4 rings (SSSR count). The Morgan fingerprint density at radius 2 is 1.57 bits per heavy atom. The Balaban J connectivity index is 1.43. The van der Waals surface area contributed by atoms with Crippen LogP contribution in [0.15, 0.2) is 54.6 Å². The lowest BCUT2D eigenvalue weighted by Gasteiger charge is -2.35. The van der Waals surface area contributed by atoms with Gasteiger partial charge in [-0.05, 0) is 24.3 Å². The number of benzene rings is 2. The Bertz CT molecular complexity index is 785. The summed E-state index contributed by atoms with van der Waals surface area (Å²) in [6.07, 6.45) is 0. The van der Waals surface area contributed by atoms with Gasteiger partial charge in [-0.15, -0.1) is 0 Å². The number of hydrogen-bond donors (Lipinski definition) is 0. The van der Waals surface area contributed by atoms with Crippen molar-refractivity contribution in [1.82, 2.24) is 14.5 Å². The molecule has 2 aromatic carbocycles. The minimum atomic E-state index is 0.924. The highest BCUT2D eigenvalue weighted by molar-refractivity contribution is 5.75. The van der Waals surface area contributed by atoms with Crippen molar-refractivity contribution >= 4 is 16.7 Å². The zero-order valence-electron chi connectivity index (χ0n) is 13.5. The standard InChI is InChI=1S/C19H22N4/c1-21-18-10-6-5-9-17(18)20-19(21)15-22-11-13-23(14-12-22)16-7-3-2-4-8-16/h2-10H,11-15H2,1H3. The van der Waals surface area contributed by atoms with E-state index in [1.165, 1.54) is 11.2 Å². The Kier molecular flexibility index (Phi) is 3.75. The first-order chi connectivity index (χ1) is 11.3. The maximum atomic E-state index is 4.79. The van der Waals surface area contributed by atoms with Gasteiger partial charge in [0.05, 0.1) is 17.6 Å². The number of hydrogen-bond acceptors (Lipinski definition) is 3. The molecule has 0 atom stereocenters. The van der Waals surface area contributed by atoms with E-state index in [2.05, 4.69) is 76.0 Å². The van der Waals surface area contributed by atoms with Crippen LogP contribution in [0.2, 0.25) is 0 Å². The van der Waals surface area contributed by atoms with Crippen molar-refractivity contribution in [2.45, 2.75) is 6.54 Å². The molecule has 1 aliphatic rings. The first-order valence-electron chi connectivity index (χ1n) is 8.24. The van der Waals surface area contributed by atoms with E-state index in [0.29, 0.717) is 0 Å². The largest absolute Gasteiger partial charge is 0.369 e. The van der Waals surface area contributed by atoms with Crippen molar-refractivity contribution in [3.05, 3.63) is 60.4 Å². The first kappa shape index (κ1) is 14.3. The number of imidazole rings is 1. The number of fused-ring (bicyclic) bond motifs is 1. The molecule has 2 heterocycles. The van der Waals surface area contributed by atoms with E-state index in [-0.39, 0.29) is 0 Å². The molecule has 0 unspecified atom stereocenters. The van der Waals surface area contributed by atoms with Gasteiger partial charge < -0.3 is 9.47 Å². The van der Waals surface area contributed by atoms with Gasteiger partial charge in [-0.2, -0.15) is 0 Å². The van der Waals surface area contributed by atoms with E-state index < -0.39 is 0 Å². The smallest absolute Gasteiger partial charge is 0.123 e. The molecule has 1 aliphatic heterocycles. The summed E-state index contributed by atoms with van der Waals surface area (Å²) >= 11 is 0. The van der Waals surface area contributed by atoms with E-state index in [0.717, 1.165) is 44.1 Å². The molecule has 0 saturated carbocycles. The molecule has 118 valence electrons. The monoisotopic (exact) mass is 306 g/mol. The number of piperazine rings is 1. The Morgan fingerprint density at radius 1 is 0.870 bits per heavy atom. The highest BCUT2D eigenvalue weighted by Gasteiger charge is 2.19. The summed E-state index contributed by atoms with van der Waals surface area (Å²) < 4.78 is 2.22. The fraction of sp³-hybridized carbons (Fsp3) is 0.316. The number of aromatic nitrogens is 2. The van der Waals surface area contributed by atoms with Crippen LogP contribution in [0.25, 0.3) is 11.0 Å². The van der Waals surface area contributed by atoms with Crippen molar-refractivity contribution in [3.63, 3.8) is 0 Å². The molecule has 1 saturated heterocycles. The second-order valence-electron chi connectivity index (χ2n) is 6.17. The zero-order valence-corrected chi connectivity index (χ0v) is 13.5. The quantitative estimate of drug-likeness (QED) is 0.743. The third-order valence-electron chi connectivity index (χ3n) is 4.74. The number of aryl methyl sites for hydroxylation is 1. The average Bonchev–Trinajstić information content (AvgIpc) is 2.93. The topological polar surface area (TPSA) is 24.3 Å². The number of nitrogens with zero attached hydrogens (tertiary/aromatic N) is 4. The second kappa shape index (κ2) is 6.05. The fourth-order valence-electron chi connectivity index (χ4n) is 3.34. The summed E-state index contributed by atoms with van der Waals surface area (Å²) in [6, 6.07) is 19.0. The highest BCUT2D eigenvalue weighted by Crippen LogP contribution is 2.18. The molecule has 0 radical (unpaired) electrons. The van der Waals surface area contributed by atoms with Gasteiger partial charge in [-0.3, -0.25) is 4.90 Å². The van der Waals surface area contributed by atoms with Crippen LogP contribution >= 0.6 is 0 Å². The van der Waals surface area contributed by atoms with Crippen LogP contribution in [0.4, 0.5) is 5.69 Å². The van der Waals surface area contributed by atoms with Gasteiger partial charge in [-0.25, -0.2) is 4.98 Å². The summed E-state index contributed by atoms with van der Waals surface area (Å²) in [5.41, 5.74) is 3.63. The van der Waals surface area contributed by atoms with Gasteiger partial charge in [0.2, 0.25) is 0 Å². The van der Waals surface area contributed by atoms with Gasteiger partial charge in [0, 0.05) is 38.9 Å². The molecule has 3 aromatic rings. The SMILES string of the molecule is Cn1c(CN2CCN(c3ccccc3)CC2)nc2ccccc21. The summed E-state index contributed by atoms with van der Waals surface area (Å²) in [5.74, 6) is 1.15. The molecule has 4 nitrogen and oxygen atoms in total. The molecule has 1 aromatic heterocycles. The van der Waals surface area contributed by atoms with E-state index in [1.54, 1.807) is 0 Å². The zero-order chi connectivity index (χ0) is 15.6. The summed E-state index contributed by atoms with van der Waals surface area (Å²) in [5, 5.41) is 0. The number of para-hydroxylation sites is 3. The van der Waals surface area contributed by atoms with Crippen LogP contribution in [0.1, 0.15) is 5.82 Å². The van der Waals surface area contributed by atoms with Crippen LogP contribution in [0.3, 0.4) is 0 Å². The molecule has 0 N–H and O–H groups in total. The van der Waals surface area contributed by atoms with Crippen molar-refractivity contribution < 1.29 is 0 Å². The van der Waals surface area contributed by atoms with Crippen molar-refractivity contribution in [1.29, 1.82) is 0 Å². The molecular weight excluding hydrogens is 284 g/mol. The Hall–Kier alpha value is -2.33. The fourth-order valence-corrected chi connectivity index (χ4v) is 3.34. The highest BCUT2D eigenvalue weighted by atomic mass is 15.3. The molecule has 0 amide bonds. The lowest BCUT2D eigenvalue weighted by atomic mass is 10.2. The van der Waals surface area contributed by atoms with Gasteiger partial charge in [0.25, 0.3) is 0 Å². The van der Waals surface area contributed by atoms with Gasteiger partial charge in [-0.1, -0.05) is 30.3 Å². The van der Waals surface area contributed by atoms with E-state index in [4.69, 9.17) is 4.98 Å². The van der Waals surface area contributed by atoms with Gasteiger partial charge >= 0.3 is 0 Å². The summed E-state index contributed by atoms with van der Waals surface area (Å²) in [6.45, 7) is 5.24. The van der Waals surface area contributed by atoms with Crippen LogP contribution < -0.4 is 4.90 Å². The molecule has 0 bridgehead atoms. The normalized spacial score (nSPS) is 16.1. The third-order valence-corrected chi connectivity index (χ3v) is 4.74. The predicted octanol–water partition coefficient (Wildman–Crippen LogP) is 2.90. The summed E-state index contributed by atoms with van der Waals surface area (Å²) in [4.78, 5) is 9.76. The number of anilines is 1. The maximum Gasteiger partial charge on any atom is 0.123 e. The molecule has 1 fully saturated rings. The van der Waals surface area contributed by atoms with E-state index >= 15 is 0 Å². The van der Waals surface area contributed by atoms with Crippen molar-refractivity contribution in [2.24, 2.45) is 7.05 Å². The van der Waals surface area contributed by atoms with Gasteiger partial charge in [0.1, 0.15) is 5.82 Å². The molecule has 23 heavy (non-hydrogen) atoms. The molecular formula is C19H22N4. The molecule has 0 aliphatic carbocycles. The number of rotatable bonds is 3. The van der Waals surface area contributed by atoms with E-state index in [1.807, 2.05) is 0 Å². The van der Waals surface area contributed by atoms with Crippen LogP contribution in [0, 0.1) is 0 Å². The third kappa shape index (κ3) is 2.82. The maximum absolute atomic E-state index is 4.79. The Morgan fingerprint density at radius 3 is 2.30 bits per heavy atom. The minimum Gasteiger partial charge on any atom is -0.369 e. The van der Waals surface area contributed by atoms with Crippen LogP contribution in [-0.2, 0) is 13.6 Å². The lowest BCUT2D eigenvalue weighted by molar-refractivity contribution is 0.242. The Labute approximate surface area is 137 Å².